The molecule has 2 rings (SSSR count). The molecule has 0 spiro atoms. The lowest BCUT2D eigenvalue weighted by Crippen LogP contribution is -2.27. The molecule has 0 amide bonds. The maximum Gasteiger partial charge on any atom is 0.174 e. The minimum atomic E-state index is 0.0861. The molecule has 0 bridgehead atoms. The van der Waals surface area contributed by atoms with E-state index in [0.717, 1.165) is 24.1 Å². The molecule has 1 aliphatic rings. The van der Waals surface area contributed by atoms with Crippen LogP contribution >= 0.6 is 0 Å². The van der Waals surface area contributed by atoms with Gasteiger partial charge in [0.15, 0.2) is 11.7 Å². The van der Waals surface area contributed by atoms with E-state index < -0.39 is 0 Å². The maximum absolute atomic E-state index is 8.86. The second-order valence-corrected chi connectivity index (χ2v) is 4.44. The molecule has 6 heteroatoms. The number of rotatable bonds is 3. The Hall–Kier alpha value is -1.85. The summed E-state index contributed by atoms with van der Waals surface area (Å²) in [4.78, 5) is 2.05. The van der Waals surface area contributed by atoms with Gasteiger partial charge in [0.05, 0.1) is 11.3 Å². The number of nitrogens with zero attached hydrogens (tertiary/aromatic N) is 4. The molecule has 1 fully saturated rings. The van der Waals surface area contributed by atoms with Crippen LogP contribution in [-0.4, -0.2) is 34.3 Å². The molecule has 1 aromatic heterocycles. The monoisotopic (exact) mass is 235 g/mol. The number of hydrogen-bond donors (Lipinski definition) is 2. The van der Waals surface area contributed by atoms with Crippen molar-refractivity contribution in [2.24, 2.45) is 10.9 Å². The van der Waals surface area contributed by atoms with Gasteiger partial charge in [-0.15, -0.1) is 5.10 Å². The van der Waals surface area contributed by atoms with Crippen LogP contribution in [0.2, 0.25) is 0 Å². The summed E-state index contributed by atoms with van der Waals surface area (Å²) in [6.45, 7) is 3.76. The highest BCUT2D eigenvalue weighted by Crippen LogP contribution is 2.31. The minimum absolute atomic E-state index is 0.0861. The van der Waals surface area contributed by atoms with Crippen molar-refractivity contribution in [1.82, 2.24) is 10.2 Å². The fourth-order valence-corrected chi connectivity index (χ4v) is 1.83. The van der Waals surface area contributed by atoms with Crippen molar-refractivity contribution in [2.45, 2.75) is 32.7 Å². The van der Waals surface area contributed by atoms with E-state index in [1.807, 2.05) is 25.8 Å². The molecular weight excluding hydrogens is 218 g/mol. The summed E-state index contributed by atoms with van der Waals surface area (Å²) in [6, 6.07) is 0.497. The molecule has 1 aromatic rings. The number of anilines is 1. The molecule has 3 N–H and O–H groups in total. The van der Waals surface area contributed by atoms with Crippen molar-refractivity contribution in [3.05, 3.63) is 16.8 Å². The van der Waals surface area contributed by atoms with Gasteiger partial charge in [0.2, 0.25) is 0 Å². The minimum Gasteiger partial charge on any atom is -0.409 e. The molecule has 1 heterocycles. The van der Waals surface area contributed by atoms with Crippen LogP contribution in [0.5, 0.6) is 0 Å². The predicted molar refractivity (Wildman–Crippen MR) is 65.4 cm³/mol. The van der Waals surface area contributed by atoms with Crippen LogP contribution in [-0.2, 0) is 0 Å². The molecule has 0 radical (unpaired) electrons. The van der Waals surface area contributed by atoms with Crippen molar-refractivity contribution in [2.75, 3.05) is 11.9 Å². The predicted octanol–water partition coefficient (Wildman–Crippen LogP) is 0.787. The van der Waals surface area contributed by atoms with Gasteiger partial charge in [-0.2, -0.15) is 5.10 Å². The van der Waals surface area contributed by atoms with Crippen molar-refractivity contribution in [3.63, 3.8) is 0 Å². The lowest BCUT2D eigenvalue weighted by Gasteiger charge is -2.21. The second-order valence-electron chi connectivity index (χ2n) is 4.44. The number of aryl methyl sites for hydroxylation is 1. The van der Waals surface area contributed by atoms with E-state index in [-0.39, 0.29) is 5.84 Å². The summed E-state index contributed by atoms with van der Waals surface area (Å²) in [5.41, 5.74) is 8.10. The van der Waals surface area contributed by atoms with Gasteiger partial charge in [0.1, 0.15) is 0 Å². The SMILES string of the molecule is Cc1nnc(N(C)C2CC2)c(/C(N)=N/O)c1C. The largest absolute Gasteiger partial charge is 0.409 e. The van der Waals surface area contributed by atoms with Crippen LogP contribution in [0.4, 0.5) is 5.82 Å². The van der Waals surface area contributed by atoms with Gasteiger partial charge in [-0.05, 0) is 32.3 Å². The first-order valence-corrected chi connectivity index (χ1v) is 5.61. The normalized spacial score (nSPS) is 16.1. The van der Waals surface area contributed by atoms with Gasteiger partial charge in [-0.25, -0.2) is 0 Å². The fourth-order valence-electron chi connectivity index (χ4n) is 1.83. The molecule has 17 heavy (non-hydrogen) atoms. The molecule has 0 unspecified atom stereocenters. The Morgan fingerprint density at radius 1 is 1.41 bits per heavy atom. The Kier molecular flexibility index (Phi) is 2.87. The number of nitrogens with two attached hydrogens (primary N) is 1. The average Bonchev–Trinajstić information content (AvgIpc) is 3.14. The van der Waals surface area contributed by atoms with Gasteiger partial charge < -0.3 is 15.8 Å². The molecule has 1 aliphatic carbocycles. The number of aromatic nitrogens is 2. The van der Waals surface area contributed by atoms with Crippen LogP contribution in [0.15, 0.2) is 5.16 Å². The Balaban J connectivity index is 2.54. The molecule has 0 saturated heterocycles. The van der Waals surface area contributed by atoms with Gasteiger partial charge in [-0.1, -0.05) is 5.16 Å². The van der Waals surface area contributed by atoms with Crippen LogP contribution in [0, 0.1) is 13.8 Å². The Bertz CT molecular complexity index is 467. The first-order chi connectivity index (χ1) is 8.06. The molecule has 0 aliphatic heterocycles. The van der Waals surface area contributed by atoms with Crippen LogP contribution in [0.3, 0.4) is 0 Å². The van der Waals surface area contributed by atoms with E-state index >= 15 is 0 Å². The van der Waals surface area contributed by atoms with Gasteiger partial charge in [0, 0.05) is 13.1 Å². The molecule has 0 aromatic carbocycles. The van der Waals surface area contributed by atoms with E-state index in [0.29, 0.717) is 17.4 Å². The topological polar surface area (TPSA) is 87.6 Å². The Morgan fingerprint density at radius 2 is 2.06 bits per heavy atom. The summed E-state index contributed by atoms with van der Waals surface area (Å²) in [5.74, 6) is 0.772. The molecule has 1 saturated carbocycles. The van der Waals surface area contributed by atoms with Crippen molar-refractivity contribution in [3.8, 4) is 0 Å². The average molecular weight is 235 g/mol. The number of hydrogen-bond acceptors (Lipinski definition) is 5. The summed E-state index contributed by atoms with van der Waals surface area (Å²) in [7, 11) is 1.96. The third-order valence-corrected chi connectivity index (χ3v) is 3.23. The highest BCUT2D eigenvalue weighted by Gasteiger charge is 2.30. The highest BCUT2D eigenvalue weighted by molar-refractivity contribution is 6.02. The smallest absolute Gasteiger partial charge is 0.174 e. The Labute approximate surface area is 100 Å². The highest BCUT2D eigenvalue weighted by atomic mass is 16.4. The van der Waals surface area contributed by atoms with E-state index in [1.54, 1.807) is 0 Å². The van der Waals surface area contributed by atoms with Gasteiger partial charge in [0.25, 0.3) is 0 Å². The lowest BCUT2D eigenvalue weighted by atomic mass is 10.1. The van der Waals surface area contributed by atoms with E-state index in [9.17, 15) is 0 Å². The van der Waals surface area contributed by atoms with Gasteiger partial charge >= 0.3 is 0 Å². The number of amidine groups is 1. The molecular formula is C11H17N5O. The third kappa shape index (κ3) is 2.02. The zero-order chi connectivity index (χ0) is 12.6. The molecule has 0 atom stereocenters. The van der Waals surface area contributed by atoms with Crippen molar-refractivity contribution < 1.29 is 5.21 Å². The first kappa shape index (κ1) is 11.6. The van der Waals surface area contributed by atoms with E-state index in [2.05, 4.69) is 15.4 Å². The fraction of sp³-hybridized carbons (Fsp3) is 0.545. The summed E-state index contributed by atoms with van der Waals surface area (Å²) in [6.07, 6.45) is 2.31. The lowest BCUT2D eigenvalue weighted by molar-refractivity contribution is 0.318. The summed E-state index contributed by atoms with van der Waals surface area (Å²) >= 11 is 0. The molecule has 6 nitrogen and oxygen atoms in total. The zero-order valence-corrected chi connectivity index (χ0v) is 10.3. The van der Waals surface area contributed by atoms with Crippen LogP contribution < -0.4 is 10.6 Å². The summed E-state index contributed by atoms with van der Waals surface area (Å²) < 4.78 is 0. The van der Waals surface area contributed by atoms with Crippen molar-refractivity contribution >= 4 is 11.7 Å². The summed E-state index contributed by atoms with van der Waals surface area (Å²) in [5, 5.41) is 20.2. The quantitative estimate of drug-likeness (QED) is 0.350. The van der Waals surface area contributed by atoms with E-state index in [1.165, 1.54) is 0 Å². The Morgan fingerprint density at radius 3 is 2.59 bits per heavy atom. The first-order valence-electron chi connectivity index (χ1n) is 5.61. The van der Waals surface area contributed by atoms with Crippen LogP contribution in [0.25, 0.3) is 0 Å². The maximum atomic E-state index is 8.86. The van der Waals surface area contributed by atoms with E-state index in [4.69, 9.17) is 10.9 Å². The third-order valence-electron chi connectivity index (χ3n) is 3.23. The zero-order valence-electron chi connectivity index (χ0n) is 10.3. The van der Waals surface area contributed by atoms with Crippen molar-refractivity contribution in [1.29, 1.82) is 0 Å². The number of oxime groups is 1. The molecule has 92 valence electrons. The second kappa shape index (κ2) is 4.20. The van der Waals surface area contributed by atoms with Crippen LogP contribution in [0.1, 0.15) is 29.7 Å². The van der Waals surface area contributed by atoms with Gasteiger partial charge in [-0.3, -0.25) is 0 Å². The standard InChI is InChI=1S/C11H17N5O/c1-6-7(2)13-14-11(9(6)10(12)15-17)16(3)8-4-5-8/h8,17H,4-5H2,1-3H3,(H2,12,15).